The summed E-state index contributed by atoms with van der Waals surface area (Å²) in [5.74, 6) is 1.97. The standard InChI is InChI=1S/C28H44O8Si/c1-5-21-25(33-21)9-17(1)13-29-37(30-14-18-2-6-22-26(10-18)34-22,31-15-19-3-7-23-27(11-19)35-23)32-16-20-4-8-24-28(12-20)36-24/h17-28H,1-16H2. The number of ether oxygens (including phenoxy) is 4. The maximum absolute atomic E-state index is 6.74. The van der Waals surface area contributed by atoms with Gasteiger partial charge in [-0.2, -0.15) is 0 Å². The van der Waals surface area contributed by atoms with Gasteiger partial charge in [0, 0.05) is 26.4 Å². The van der Waals surface area contributed by atoms with Crippen LogP contribution in [0.3, 0.4) is 0 Å². The van der Waals surface area contributed by atoms with Crippen LogP contribution >= 0.6 is 0 Å². The van der Waals surface area contributed by atoms with Gasteiger partial charge in [0.2, 0.25) is 0 Å². The zero-order valence-electron chi connectivity index (χ0n) is 22.0. The van der Waals surface area contributed by atoms with E-state index in [9.17, 15) is 0 Å². The summed E-state index contributed by atoms with van der Waals surface area (Å²) in [6, 6.07) is 0. The lowest BCUT2D eigenvalue weighted by Gasteiger charge is -2.34. The van der Waals surface area contributed by atoms with Gasteiger partial charge in [-0.3, -0.25) is 0 Å². The van der Waals surface area contributed by atoms with E-state index in [0.29, 0.717) is 98.9 Å². The summed E-state index contributed by atoms with van der Waals surface area (Å²) < 4.78 is 50.1. The number of rotatable bonds is 12. The molecule has 0 aromatic carbocycles. The van der Waals surface area contributed by atoms with Crippen LogP contribution in [0.2, 0.25) is 0 Å². The van der Waals surface area contributed by atoms with Crippen LogP contribution < -0.4 is 0 Å². The minimum Gasteiger partial charge on any atom is -0.370 e. The Morgan fingerprint density at radius 2 is 0.649 bits per heavy atom. The van der Waals surface area contributed by atoms with E-state index in [2.05, 4.69) is 0 Å². The molecule has 8 rings (SSSR count). The Balaban J connectivity index is 0.949. The van der Waals surface area contributed by atoms with Crippen LogP contribution in [0.15, 0.2) is 0 Å². The van der Waals surface area contributed by atoms with Gasteiger partial charge in [0.05, 0.1) is 48.8 Å². The molecule has 8 aliphatic rings. The Hall–Kier alpha value is -0.103. The van der Waals surface area contributed by atoms with Crippen LogP contribution in [0, 0.1) is 23.7 Å². The molecule has 0 radical (unpaired) electrons. The van der Waals surface area contributed by atoms with Gasteiger partial charge in [0.1, 0.15) is 0 Å². The summed E-state index contributed by atoms with van der Waals surface area (Å²) in [7, 11) is -3.33. The summed E-state index contributed by atoms with van der Waals surface area (Å²) in [5, 5.41) is 0. The first-order valence-corrected chi connectivity index (χ1v) is 17.0. The zero-order valence-corrected chi connectivity index (χ0v) is 23.0. The van der Waals surface area contributed by atoms with E-state index in [0.717, 1.165) is 77.0 Å². The van der Waals surface area contributed by atoms with Gasteiger partial charge in [0.15, 0.2) is 0 Å². The highest BCUT2D eigenvalue weighted by Gasteiger charge is 2.53. The monoisotopic (exact) mass is 536 g/mol. The van der Waals surface area contributed by atoms with Crippen molar-refractivity contribution in [2.45, 2.75) is 126 Å². The molecule has 0 bridgehead atoms. The quantitative estimate of drug-likeness (QED) is 0.275. The van der Waals surface area contributed by atoms with Crippen LogP contribution in [0.4, 0.5) is 0 Å². The van der Waals surface area contributed by atoms with Crippen LogP contribution in [-0.2, 0) is 36.7 Å². The Morgan fingerprint density at radius 3 is 0.892 bits per heavy atom. The maximum Gasteiger partial charge on any atom is 0.679 e. The smallest absolute Gasteiger partial charge is 0.370 e. The largest absolute Gasteiger partial charge is 0.679 e. The van der Waals surface area contributed by atoms with Gasteiger partial charge in [-0.15, -0.1) is 0 Å². The predicted molar refractivity (Wildman–Crippen MR) is 134 cm³/mol. The van der Waals surface area contributed by atoms with Gasteiger partial charge in [0.25, 0.3) is 0 Å². The molecule has 4 aliphatic carbocycles. The van der Waals surface area contributed by atoms with Crippen molar-refractivity contribution in [3.63, 3.8) is 0 Å². The Morgan fingerprint density at radius 1 is 0.378 bits per heavy atom. The average molecular weight is 537 g/mol. The molecule has 0 amide bonds. The molecule has 37 heavy (non-hydrogen) atoms. The molecule has 8 nitrogen and oxygen atoms in total. The summed E-state index contributed by atoms with van der Waals surface area (Å²) in [5.41, 5.74) is 0. The van der Waals surface area contributed by atoms with E-state index < -0.39 is 9.05 Å². The number of hydrogen-bond donors (Lipinski definition) is 0. The Bertz CT molecular complexity index is 696. The second-order valence-corrected chi connectivity index (χ2v) is 15.5. The third kappa shape index (κ3) is 5.86. The summed E-state index contributed by atoms with van der Waals surface area (Å²) in [4.78, 5) is 0. The third-order valence-electron chi connectivity index (χ3n) is 10.4. The fourth-order valence-electron chi connectivity index (χ4n) is 7.68. The first-order valence-electron chi connectivity index (χ1n) is 15.4. The second kappa shape index (κ2) is 10.1. The lowest BCUT2D eigenvalue weighted by molar-refractivity contribution is -0.0638. The average Bonchev–Trinajstić information content (AvgIpc) is 3.77. The Kier molecular flexibility index (Phi) is 6.71. The first kappa shape index (κ1) is 24.7. The van der Waals surface area contributed by atoms with Crippen LogP contribution in [0.5, 0.6) is 0 Å². The van der Waals surface area contributed by atoms with Crippen molar-refractivity contribution in [1.29, 1.82) is 0 Å². The van der Waals surface area contributed by atoms with Crippen molar-refractivity contribution in [2.75, 3.05) is 26.4 Å². The van der Waals surface area contributed by atoms with Crippen LogP contribution in [-0.4, -0.2) is 84.3 Å². The zero-order chi connectivity index (χ0) is 24.4. The highest BCUT2D eigenvalue weighted by atomic mass is 28.4. The van der Waals surface area contributed by atoms with Crippen molar-refractivity contribution in [2.24, 2.45) is 23.7 Å². The highest BCUT2D eigenvalue weighted by molar-refractivity contribution is 6.53. The molecule has 0 aromatic heterocycles. The van der Waals surface area contributed by atoms with Crippen molar-refractivity contribution in [1.82, 2.24) is 0 Å². The molecule has 9 heteroatoms. The number of fused-ring (bicyclic) bond motifs is 4. The van der Waals surface area contributed by atoms with Gasteiger partial charge in [-0.25, -0.2) is 0 Å². The highest BCUT2D eigenvalue weighted by Crippen LogP contribution is 2.43. The van der Waals surface area contributed by atoms with E-state index in [4.69, 9.17) is 36.7 Å². The summed E-state index contributed by atoms with van der Waals surface area (Å²) in [6.45, 7) is 2.59. The van der Waals surface area contributed by atoms with E-state index in [-0.39, 0.29) is 0 Å². The topological polar surface area (TPSA) is 87.0 Å². The fraction of sp³-hybridized carbons (Fsp3) is 1.00. The predicted octanol–water partition coefficient (Wildman–Crippen LogP) is 3.76. The summed E-state index contributed by atoms with van der Waals surface area (Å²) in [6.07, 6.45) is 17.3. The van der Waals surface area contributed by atoms with E-state index in [1.807, 2.05) is 0 Å². The molecule has 0 aromatic rings. The van der Waals surface area contributed by atoms with Gasteiger partial charge < -0.3 is 36.7 Å². The molecule has 0 spiro atoms. The van der Waals surface area contributed by atoms with E-state index >= 15 is 0 Å². The molecular weight excluding hydrogens is 492 g/mol. The van der Waals surface area contributed by atoms with Crippen molar-refractivity contribution in [3.8, 4) is 0 Å². The first-order chi connectivity index (χ1) is 18.2. The normalized spacial score (nSPS) is 50.6. The van der Waals surface area contributed by atoms with Crippen molar-refractivity contribution in [3.05, 3.63) is 0 Å². The lowest BCUT2D eigenvalue weighted by Crippen LogP contribution is -2.53. The molecular formula is C28H44O8Si. The Labute approximate surface area is 221 Å². The molecule has 4 saturated heterocycles. The molecule has 12 unspecified atom stereocenters. The summed E-state index contributed by atoms with van der Waals surface area (Å²) >= 11 is 0. The molecule has 4 heterocycles. The molecule has 4 aliphatic heterocycles. The number of epoxide rings is 4. The van der Waals surface area contributed by atoms with Gasteiger partial charge >= 0.3 is 9.05 Å². The van der Waals surface area contributed by atoms with Gasteiger partial charge in [-0.05, 0) is 101 Å². The van der Waals surface area contributed by atoms with Crippen LogP contribution in [0.25, 0.3) is 0 Å². The minimum atomic E-state index is -3.33. The van der Waals surface area contributed by atoms with Crippen LogP contribution in [0.1, 0.15) is 77.0 Å². The fourth-order valence-corrected chi connectivity index (χ4v) is 9.94. The number of hydrogen-bond acceptors (Lipinski definition) is 8. The van der Waals surface area contributed by atoms with Crippen molar-refractivity contribution >= 4 is 9.05 Å². The molecule has 12 atom stereocenters. The molecule has 4 saturated carbocycles. The van der Waals surface area contributed by atoms with Gasteiger partial charge in [-0.1, -0.05) is 0 Å². The SMILES string of the molecule is C1CC2OC2CC1CO[Si](OCC1CCC2OC2C1)(OCC1CCC2OC2C1)OCC1CCC2OC2C1. The minimum absolute atomic E-state index is 0.442. The van der Waals surface area contributed by atoms with E-state index in [1.165, 1.54) is 0 Å². The lowest BCUT2D eigenvalue weighted by atomic mass is 9.90. The second-order valence-electron chi connectivity index (χ2n) is 13.3. The molecule has 208 valence electrons. The third-order valence-corrected chi connectivity index (χ3v) is 12.5. The van der Waals surface area contributed by atoms with E-state index in [1.54, 1.807) is 0 Å². The maximum atomic E-state index is 6.74. The molecule has 8 fully saturated rings. The molecule has 0 N–H and O–H groups in total. The van der Waals surface area contributed by atoms with Crippen molar-refractivity contribution < 1.29 is 36.7 Å².